The first kappa shape index (κ1) is 20.8. The van der Waals surface area contributed by atoms with Gasteiger partial charge in [0.05, 0.1) is 11.7 Å². The first-order chi connectivity index (χ1) is 13.1. The van der Waals surface area contributed by atoms with E-state index < -0.39 is 0 Å². The van der Waals surface area contributed by atoms with Crippen molar-refractivity contribution in [3.05, 3.63) is 58.9 Å². The summed E-state index contributed by atoms with van der Waals surface area (Å²) in [5.41, 5.74) is 4.01. The van der Waals surface area contributed by atoms with Crippen molar-refractivity contribution in [1.29, 1.82) is 0 Å². The molecule has 1 unspecified atom stereocenters. The van der Waals surface area contributed by atoms with Gasteiger partial charge in [0.2, 0.25) is 0 Å². The molecule has 1 aliphatic heterocycles. The number of phenols is 1. The third kappa shape index (κ3) is 4.39. The first-order valence-electron chi connectivity index (χ1n) is 10.3. The Morgan fingerprint density at radius 2 is 1.54 bits per heavy atom. The number of rotatable bonds is 3. The van der Waals surface area contributed by atoms with Crippen LogP contribution in [0.1, 0.15) is 70.0 Å². The monoisotopic (exact) mass is 381 g/mol. The van der Waals surface area contributed by atoms with Crippen LogP contribution in [0.4, 0.5) is 0 Å². The fourth-order valence-electron chi connectivity index (χ4n) is 4.00. The van der Waals surface area contributed by atoms with Crippen LogP contribution >= 0.6 is 0 Å². The second-order valence-corrected chi connectivity index (χ2v) is 9.91. The average molecular weight is 382 g/mol. The van der Waals surface area contributed by atoms with E-state index in [2.05, 4.69) is 76.0 Å². The SMILES string of the molecule is CC(C)(C)c1cc(C(c2ccccn2)N2CCNCC2)cc(C(C)(C)C)c1O. The molecule has 1 aromatic heterocycles. The molecular formula is C24H35N3O. The van der Waals surface area contributed by atoms with Gasteiger partial charge in [0.1, 0.15) is 5.75 Å². The molecule has 1 aliphatic rings. The molecule has 0 bridgehead atoms. The molecule has 1 aromatic carbocycles. The highest BCUT2D eigenvalue weighted by atomic mass is 16.3. The molecule has 0 spiro atoms. The molecule has 0 aliphatic carbocycles. The van der Waals surface area contributed by atoms with Gasteiger partial charge in [-0.1, -0.05) is 47.6 Å². The zero-order valence-corrected chi connectivity index (χ0v) is 18.2. The van der Waals surface area contributed by atoms with Crippen LogP contribution in [0.2, 0.25) is 0 Å². The molecule has 4 heteroatoms. The lowest BCUT2D eigenvalue weighted by Gasteiger charge is -2.36. The number of hydrogen-bond donors (Lipinski definition) is 2. The summed E-state index contributed by atoms with van der Waals surface area (Å²) in [6, 6.07) is 10.6. The predicted octanol–water partition coefficient (Wildman–Crippen LogP) is 4.38. The number of nitrogens with zero attached hydrogens (tertiary/aromatic N) is 2. The fraction of sp³-hybridized carbons (Fsp3) is 0.542. The Balaban J connectivity index is 2.21. The van der Waals surface area contributed by atoms with E-state index in [1.807, 2.05) is 12.3 Å². The van der Waals surface area contributed by atoms with Crippen molar-refractivity contribution in [3.8, 4) is 5.75 Å². The molecule has 4 nitrogen and oxygen atoms in total. The van der Waals surface area contributed by atoms with Crippen molar-refractivity contribution in [2.45, 2.75) is 58.4 Å². The Labute approximate surface area is 170 Å². The number of pyridine rings is 1. The van der Waals surface area contributed by atoms with Gasteiger partial charge < -0.3 is 10.4 Å². The van der Waals surface area contributed by atoms with Crippen LogP contribution in [0.25, 0.3) is 0 Å². The van der Waals surface area contributed by atoms with Crippen molar-refractivity contribution in [1.82, 2.24) is 15.2 Å². The van der Waals surface area contributed by atoms with Gasteiger partial charge >= 0.3 is 0 Å². The molecular weight excluding hydrogens is 346 g/mol. The van der Waals surface area contributed by atoms with Crippen LogP contribution in [0.15, 0.2) is 36.5 Å². The summed E-state index contributed by atoms with van der Waals surface area (Å²) in [7, 11) is 0. The number of benzene rings is 1. The Morgan fingerprint density at radius 3 is 2.00 bits per heavy atom. The minimum Gasteiger partial charge on any atom is -0.507 e. The van der Waals surface area contributed by atoms with Crippen LogP contribution in [0.3, 0.4) is 0 Å². The third-order valence-electron chi connectivity index (χ3n) is 5.55. The van der Waals surface area contributed by atoms with E-state index in [0.717, 1.165) is 43.0 Å². The summed E-state index contributed by atoms with van der Waals surface area (Å²) in [5.74, 6) is 0.434. The normalized spacial score (nSPS) is 17.5. The molecule has 152 valence electrons. The van der Waals surface area contributed by atoms with Gasteiger partial charge in [0.25, 0.3) is 0 Å². The molecule has 3 rings (SSSR count). The third-order valence-corrected chi connectivity index (χ3v) is 5.55. The summed E-state index contributed by atoms with van der Waals surface area (Å²) in [4.78, 5) is 7.22. The zero-order chi connectivity index (χ0) is 20.5. The molecule has 1 atom stereocenters. The zero-order valence-electron chi connectivity index (χ0n) is 18.2. The van der Waals surface area contributed by atoms with Crippen LogP contribution in [0.5, 0.6) is 5.75 Å². The summed E-state index contributed by atoms with van der Waals surface area (Å²) < 4.78 is 0. The molecule has 2 heterocycles. The van der Waals surface area contributed by atoms with Gasteiger partial charge in [-0.15, -0.1) is 0 Å². The number of phenolic OH excluding ortho intramolecular Hbond substituents is 1. The largest absolute Gasteiger partial charge is 0.507 e. The molecule has 2 aromatic rings. The second kappa shape index (κ2) is 7.84. The molecule has 0 amide bonds. The van der Waals surface area contributed by atoms with Gasteiger partial charge in [-0.3, -0.25) is 9.88 Å². The fourth-order valence-corrected chi connectivity index (χ4v) is 4.00. The van der Waals surface area contributed by atoms with E-state index in [9.17, 15) is 5.11 Å². The topological polar surface area (TPSA) is 48.4 Å². The minimum absolute atomic E-state index is 0.0890. The summed E-state index contributed by atoms with van der Waals surface area (Å²) in [5, 5.41) is 14.6. The van der Waals surface area contributed by atoms with E-state index in [1.165, 1.54) is 5.56 Å². The molecule has 0 saturated carbocycles. The maximum absolute atomic E-state index is 11.1. The molecule has 1 fully saturated rings. The Hall–Kier alpha value is -1.91. The van der Waals surface area contributed by atoms with E-state index in [-0.39, 0.29) is 16.9 Å². The van der Waals surface area contributed by atoms with Gasteiger partial charge in [-0.25, -0.2) is 0 Å². The second-order valence-electron chi connectivity index (χ2n) is 9.91. The number of nitrogens with one attached hydrogen (secondary N) is 1. The summed E-state index contributed by atoms with van der Waals surface area (Å²) in [6.07, 6.45) is 1.88. The Bertz CT molecular complexity index is 762. The Morgan fingerprint density at radius 1 is 0.964 bits per heavy atom. The number of aromatic nitrogens is 1. The molecule has 2 N–H and O–H groups in total. The van der Waals surface area contributed by atoms with Crippen molar-refractivity contribution >= 4 is 0 Å². The number of piperazine rings is 1. The molecule has 0 radical (unpaired) electrons. The van der Waals surface area contributed by atoms with Crippen LogP contribution in [-0.2, 0) is 10.8 Å². The van der Waals surface area contributed by atoms with E-state index >= 15 is 0 Å². The van der Waals surface area contributed by atoms with Crippen molar-refractivity contribution in [2.24, 2.45) is 0 Å². The lowest BCUT2D eigenvalue weighted by molar-refractivity contribution is 0.195. The quantitative estimate of drug-likeness (QED) is 0.828. The van der Waals surface area contributed by atoms with Gasteiger partial charge in [0, 0.05) is 32.4 Å². The highest BCUT2D eigenvalue weighted by Crippen LogP contribution is 2.42. The van der Waals surface area contributed by atoms with Crippen LogP contribution in [-0.4, -0.2) is 41.2 Å². The summed E-state index contributed by atoms with van der Waals surface area (Å²) in [6.45, 7) is 16.9. The maximum atomic E-state index is 11.1. The smallest absolute Gasteiger partial charge is 0.123 e. The lowest BCUT2D eigenvalue weighted by atomic mass is 9.77. The van der Waals surface area contributed by atoms with Crippen LogP contribution < -0.4 is 5.32 Å². The first-order valence-corrected chi connectivity index (χ1v) is 10.3. The van der Waals surface area contributed by atoms with Crippen molar-refractivity contribution in [2.75, 3.05) is 26.2 Å². The van der Waals surface area contributed by atoms with Gasteiger partial charge in [-0.05, 0) is 51.8 Å². The average Bonchev–Trinajstić information content (AvgIpc) is 2.63. The van der Waals surface area contributed by atoms with Crippen LogP contribution in [0, 0.1) is 0 Å². The lowest BCUT2D eigenvalue weighted by Crippen LogP contribution is -2.45. The van der Waals surface area contributed by atoms with Crippen molar-refractivity contribution < 1.29 is 5.11 Å². The van der Waals surface area contributed by atoms with Gasteiger partial charge in [0.15, 0.2) is 0 Å². The number of aromatic hydroxyl groups is 1. The summed E-state index contributed by atoms with van der Waals surface area (Å²) >= 11 is 0. The highest BCUT2D eigenvalue weighted by molar-refractivity contribution is 5.51. The maximum Gasteiger partial charge on any atom is 0.123 e. The molecule has 1 saturated heterocycles. The predicted molar refractivity (Wildman–Crippen MR) is 116 cm³/mol. The Kier molecular flexibility index (Phi) is 5.83. The highest BCUT2D eigenvalue weighted by Gasteiger charge is 2.31. The van der Waals surface area contributed by atoms with Crippen molar-refractivity contribution in [3.63, 3.8) is 0 Å². The van der Waals surface area contributed by atoms with E-state index in [1.54, 1.807) is 0 Å². The number of hydrogen-bond acceptors (Lipinski definition) is 4. The minimum atomic E-state index is -0.141. The standard InChI is InChI=1S/C24H35N3O/c1-23(2,3)18-15-17(16-19(22(18)28)24(4,5)6)21(20-9-7-8-10-26-20)27-13-11-25-12-14-27/h7-10,15-16,21,25,28H,11-14H2,1-6H3. The van der Waals surface area contributed by atoms with Gasteiger partial charge in [-0.2, -0.15) is 0 Å². The van der Waals surface area contributed by atoms with E-state index in [0.29, 0.717) is 5.75 Å². The molecule has 28 heavy (non-hydrogen) atoms. The van der Waals surface area contributed by atoms with E-state index in [4.69, 9.17) is 4.98 Å².